The van der Waals surface area contributed by atoms with Crippen LogP contribution in [0.15, 0.2) is 48.0 Å². The summed E-state index contributed by atoms with van der Waals surface area (Å²) in [7, 11) is 0. The van der Waals surface area contributed by atoms with Crippen LogP contribution in [0.2, 0.25) is 0 Å². The van der Waals surface area contributed by atoms with Gasteiger partial charge in [0.25, 0.3) is 0 Å². The van der Waals surface area contributed by atoms with Crippen LogP contribution >= 0.6 is 11.3 Å². The number of hydrogen-bond acceptors (Lipinski definition) is 3. The van der Waals surface area contributed by atoms with Crippen molar-refractivity contribution in [2.24, 2.45) is 0 Å². The van der Waals surface area contributed by atoms with Gasteiger partial charge in [-0.1, -0.05) is 31.2 Å². The van der Waals surface area contributed by atoms with E-state index < -0.39 is 0 Å². The third-order valence-electron chi connectivity index (χ3n) is 4.76. The average molecular weight is 350 g/mol. The summed E-state index contributed by atoms with van der Waals surface area (Å²) < 4.78 is 3.54. The van der Waals surface area contributed by atoms with Gasteiger partial charge in [-0.3, -0.25) is 4.40 Å². The van der Waals surface area contributed by atoms with Crippen LogP contribution in [0.4, 0.5) is 5.82 Å². The molecule has 4 rings (SSSR count). The van der Waals surface area contributed by atoms with Gasteiger partial charge in [-0.15, -0.1) is 11.3 Å². The third kappa shape index (κ3) is 2.61. The van der Waals surface area contributed by atoms with Gasteiger partial charge < -0.3 is 4.90 Å². The van der Waals surface area contributed by atoms with Gasteiger partial charge in [-0.25, -0.2) is 4.98 Å². The number of benzene rings is 1. The first-order valence-electron chi connectivity index (χ1n) is 8.93. The molecule has 0 spiro atoms. The number of anilines is 1. The molecule has 0 saturated carbocycles. The Bertz CT molecular complexity index is 1030. The molecule has 0 fully saturated rings. The first-order valence-corrected chi connectivity index (χ1v) is 9.81. The lowest BCUT2D eigenvalue weighted by Gasteiger charge is -2.23. The number of rotatable bonds is 5. The number of aromatic nitrogens is 2. The second-order valence-electron chi connectivity index (χ2n) is 6.39. The van der Waals surface area contributed by atoms with Crippen molar-refractivity contribution in [2.45, 2.75) is 27.2 Å². The van der Waals surface area contributed by atoms with Crippen molar-refractivity contribution >= 4 is 32.9 Å². The maximum atomic E-state index is 5.13. The van der Waals surface area contributed by atoms with E-state index in [2.05, 4.69) is 78.0 Å². The molecule has 3 aromatic heterocycles. The SMILES string of the molecule is CCCN(CC)c1c(-c2ccccc2C)nc2c3sccc3ccn12. The maximum Gasteiger partial charge on any atom is 0.157 e. The monoisotopic (exact) mass is 349 g/mol. The van der Waals surface area contributed by atoms with Gasteiger partial charge in [-0.05, 0) is 48.7 Å². The smallest absolute Gasteiger partial charge is 0.157 e. The maximum absolute atomic E-state index is 5.13. The van der Waals surface area contributed by atoms with Gasteiger partial charge in [0.15, 0.2) is 5.65 Å². The second kappa shape index (κ2) is 6.52. The Morgan fingerprint density at radius 1 is 1.12 bits per heavy atom. The van der Waals surface area contributed by atoms with E-state index in [1.807, 2.05) is 0 Å². The van der Waals surface area contributed by atoms with Crippen LogP contribution in [0, 0.1) is 6.92 Å². The summed E-state index contributed by atoms with van der Waals surface area (Å²) in [5.74, 6) is 1.21. The highest BCUT2D eigenvalue weighted by Gasteiger charge is 2.21. The average Bonchev–Trinajstić information content (AvgIpc) is 3.24. The van der Waals surface area contributed by atoms with E-state index in [0.717, 1.165) is 30.9 Å². The molecule has 128 valence electrons. The highest BCUT2D eigenvalue weighted by Crippen LogP contribution is 2.36. The van der Waals surface area contributed by atoms with Gasteiger partial charge in [-0.2, -0.15) is 0 Å². The van der Waals surface area contributed by atoms with Crippen molar-refractivity contribution in [1.29, 1.82) is 0 Å². The van der Waals surface area contributed by atoms with Gasteiger partial charge >= 0.3 is 0 Å². The molecule has 4 heteroatoms. The van der Waals surface area contributed by atoms with Gasteiger partial charge in [0, 0.05) is 24.8 Å². The predicted molar refractivity (Wildman–Crippen MR) is 109 cm³/mol. The Morgan fingerprint density at radius 2 is 1.96 bits per heavy atom. The number of nitrogens with zero attached hydrogens (tertiary/aromatic N) is 3. The molecule has 0 radical (unpaired) electrons. The predicted octanol–water partition coefficient (Wildman–Crippen LogP) is 5.76. The van der Waals surface area contributed by atoms with Crippen LogP contribution < -0.4 is 4.90 Å². The molecule has 0 unspecified atom stereocenters. The largest absolute Gasteiger partial charge is 0.356 e. The quantitative estimate of drug-likeness (QED) is 0.456. The van der Waals surface area contributed by atoms with Gasteiger partial charge in [0.1, 0.15) is 11.5 Å². The molecule has 0 saturated heterocycles. The minimum absolute atomic E-state index is 0.975. The molecule has 25 heavy (non-hydrogen) atoms. The molecule has 0 aliphatic heterocycles. The van der Waals surface area contributed by atoms with Crippen LogP contribution in [0.5, 0.6) is 0 Å². The number of thiophene rings is 1. The Hall–Kier alpha value is -2.33. The highest BCUT2D eigenvalue weighted by molar-refractivity contribution is 7.18. The summed E-state index contributed by atoms with van der Waals surface area (Å²) in [4.78, 5) is 7.57. The normalized spacial score (nSPS) is 11.5. The van der Waals surface area contributed by atoms with Crippen molar-refractivity contribution in [2.75, 3.05) is 18.0 Å². The molecule has 0 atom stereocenters. The van der Waals surface area contributed by atoms with E-state index in [4.69, 9.17) is 4.98 Å². The lowest BCUT2D eigenvalue weighted by molar-refractivity contribution is 0.775. The Labute approximate surface area is 152 Å². The lowest BCUT2D eigenvalue weighted by atomic mass is 10.1. The van der Waals surface area contributed by atoms with Crippen LogP contribution in [0.1, 0.15) is 25.8 Å². The van der Waals surface area contributed by atoms with Crippen LogP contribution in [-0.2, 0) is 0 Å². The Morgan fingerprint density at radius 3 is 2.72 bits per heavy atom. The summed E-state index contributed by atoms with van der Waals surface area (Å²) in [5.41, 5.74) is 4.65. The molecular weight excluding hydrogens is 326 g/mol. The van der Waals surface area contributed by atoms with E-state index >= 15 is 0 Å². The van der Waals surface area contributed by atoms with Crippen LogP contribution in [0.25, 0.3) is 27.0 Å². The standard InChI is InChI=1S/C21H23N3S/c1-4-12-23(5-2)21-18(17-9-7-6-8-15(17)3)22-20-19-16(11-14-25-19)10-13-24(20)21/h6-11,13-14H,4-5,12H2,1-3H3. The van der Waals surface area contributed by atoms with Crippen LogP contribution in [0.3, 0.4) is 0 Å². The molecule has 0 aliphatic carbocycles. The van der Waals surface area contributed by atoms with E-state index in [-0.39, 0.29) is 0 Å². The summed E-state index contributed by atoms with van der Waals surface area (Å²) in [6.45, 7) is 8.63. The molecule has 0 amide bonds. The fraction of sp³-hybridized carbons (Fsp3) is 0.286. The Balaban J connectivity index is 2.07. The molecule has 0 bridgehead atoms. The lowest BCUT2D eigenvalue weighted by Crippen LogP contribution is -2.25. The van der Waals surface area contributed by atoms with Crippen molar-refractivity contribution in [3.8, 4) is 11.3 Å². The number of pyridine rings is 1. The molecular formula is C21H23N3S. The van der Waals surface area contributed by atoms with Crippen molar-refractivity contribution < 1.29 is 0 Å². The fourth-order valence-electron chi connectivity index (χ4n) is 3.52. The zero-order valence-corrected chi connectivity index (χ0v) is 15.8. The van der Waals surface area contributed by atoms with Crippen molar-refractivity contribution in [1.82, 2.24) is 9.38 Å². The molecule has 4 aromatic rings. The van der Waals surface area contributed by atoms with Gasteiger partial charge in [0.05, 0.1) is 4.70 Å². The summed E-state index contributed by atoms with van der Waals surface area (Å²) in [6.07, 6.45) is 3.29. The minimum Gasteiger partial charge on any atom is -0.356 e. The zero-order valence-electron chi connectivity index (χ0n) is 15.0. The van der Waals surface area contributed by atoms with E-state index in [9.17, 15) is 0 Å². The molecule has 3 nitrogen and oxygen atoms in total. The van der Waals surface area contributed by atoms with Crippen molar-refractivity contribution in [3.63, 3.8) is 0 Å². The third-order valence-corrected chi connectivity index (χ3v) is 5.69. The highest BCUT2D eigenvalue weighted by atomic mass is 32.1. The summed E-state index contributed by atoms with van der Waals surface area (Å²) in [5, 5.41) is 3.42. The zero-order chi connectivity index (χ0) is 17.4. The fourth-order valence-corrected chi connectivity index (χ4v) is 4.39. The number of fused-ring (bicyclic) bond motifs is 3. The van der Waals surface area contributed by atoms with Crippen LogP contribution in [-0.4, -0.2) is 22.5 Å². The van der Waals surface area contributed by atoms with E-state index in [1.54, 1.807) is 11.3 Å². The first-order chi connectivity index (χ1) is 12.2. The van der Waals surface area contributed by atoms with Gasteiger partial charge in [0.2, 0.25) is 0 Å². The Kier molecular flexibility index (Phi) is 4.22. The van der Waals surface area contributed by atoms with E-state index in [1.165, 1.54) is 27.0 Å². The minimum atomic E-state index is 0.975. The summed E-state index contributed by atoms with van der Waals surface area (Å²) >= 11 is 1.77. The molecule has 0 aliphatic rings. The topological polar surface area (TPSA) is 20.5 Å². The first kappa shape index (κ1) is 16.2. The second-order valence-corrected chi connectivity index (χ2v) is 7.31. The number of imidazole rings is 1. The molecule has 3 heterocycles. The molecule has 1 aromatic carbocycles. The number of aryl methyl sites for hydroxylation is 1. The van der Waals surface area contributed by atoms with Crippen molar-refractivity contribution in [3.05, 3.63) is 53.5 Å². The molecule has 0 N–H and O–H groups in total. The number of hydrogen-bond donors (Lipinski definition) is 0. The van der Waals surface area contributed by atoms with E-state index in [0.29, 0.717) is 0 Å². The summed E-state index contributed by atoms with van der Waals surface area (Å²) in [6, 6.07) is 12.9.